The Morgan fingerprint density at radius 1 is 1.30 bits per heavy atom. The van der Waals surface area contributed by atoms with E-state index in [-0.39, 0.29) is 0 Å². The summed E-state index contributed by atoms with van der Waals surface area (Å²) >= 11 is 0. The van der Waals surface area contributed by atoms with Crippen LogP contribution in [0.4, 0.5) is 0 Å². The van der Waals surface area contributed by atoms with Gasteiger partial charge >= 0.3 is 0 Å². The normalized spacial score (nSPS) is 11.6. The van der Waals surface area contributed by atoms with Crippen LogP contribution in [0, 0.1) is 12.8 Å². The molecule has 0 unspecified atom stereocenters. The van der Waals surface area contributed by atoms with Crippen LogP contribution in [0.25, 0.3) is 0 Å². The lowest BCUT2D eigenvalue weighted by Gasteiger charge is -2.00. The molecule has 0 N–H and O–H groups in total. The number of unbranched alkanes of at least 4 members (excludes halogenated alkanes) is 1. The Morgan fingerprint density at radius 3 is 2.50 bits per heavy atom. The standard InChI is InChI=1S/C10H19/c1-4-5-6-7-8-9-10(2)3/h5-6,10H,1,4,7-9H2,2-3H3/b6-5+. The predicted octanol–water partition coefficient (Wildman–Crippen LogP) is 3.59. The fraction of sp³-hybridized carbons (Fsp3) is 0.700. The molecule has 0 aliphatic rings. The molecule has 0 saturated carbocycles. The molecular weight excluding hydrogens is 120 g/mol. The number of hydrogen-bond donors (Lipinski definition) is 0. The molecular formula is C10H19. The summed E-state index contributed by atoms with van der Waals surface area (Å²) in [5.74, 6) is 0.855. The second kappa shape index (κ2) is 6.85. The molecule has 0 amide bonds. The summed E-state index contributed by atoms with van der Waals surface area (Å²) < 4.78 is 0. The highest BCUT2D eigenvalue weighted by molar-refractivity contribution is 4.81. The second-order valence-corrected chi connectivity index (χ2v) is 3.08. The minimum atomic E-state index is 0.855. The zero-order chi connectivity index (χ0) is 7.82. The SMILES string of the molecule is [CH2]C/C=C/CCCC(C)C. The van der Waals surface area contributed by atoms with Gasteiger partial charge in [0.2, 0.25) is 0 Å². The van der Waals surface area contributed by atoms with Gasteiger partial charge in [0.15, 0.2) is 0 Å². The van der Waals surface area contributed by atoms with Crippen LogP contribution in [-0.2, 0) is 0 Å². The van der Waals surface area contributed by atoms with Gasteiger partial charge in [-0.1, -0.05) is 32.4 Å². The smallest absolute Gasteiger partial charge is 0.0351 e. The van der Waals surface area contributed by atoms with Crippen LogP contribution < -0.4 is 0 Å². The number of hydrogen-bond acceptors (Lipinski definition) is 0. The summed E-state index contributed by atoms with van der Waals surface area (Å²) in [5, 5.41) is 0. The van der Waals surface area contributed by atoms with Crippen molar-refractivity contribution in [3.8, 4) is 0 Å². The van der Waals surface area contributed by atoms with E-state index in [1.165, 1.54) is 19.3 Å². The van der Waals surface area contributed by atoms with Crippen molar-refractivity contribution >= 4 is 0 Å². The van der Waals surface area contributed by atoms with Crippen LogP contribution in [0.1, 0.15) is 39.5 Å². The Kier molecular flexibility index (Phi) is 6.68. The second-order valence-electron chi connectivity index (χ2n) is 3.08. The lowest BCUT2D eigenvalue weighted by Crippen LogP contribution is -1.84. The molecule has 0 nitrogen and oxygen atoms in total. The van der Waals surface area contributed by atoms with Gasteiger partial charge in [0.1, 0.15) is 0 Å². The highest BCUT2D eigenvalue weighted by atomic mass is 14.0. The van der Waals surface area contributed by atoms with Crippen molar-refractivity contribution in [2.24, 2.45) is 5.92 Å². The van der Waals surface area contributed by atoms with E-state index in [0.717, 1.165) is 12.3 Å². The van der Waals surface area contributed by atoms with Crippen molar-refractivity contribution in [2.45, 2.75) is 39.5 Å². The van der Waals surface area contributed by atoms with Gasteiger partial charge in [-0.2, -0.15) is 0 Å². The van der Waals surface area contributed by atoms with Crippen LogP contribution in [0.5, 0.6) is 0 Å². The fourth-order valence-electron chi connectivity index (χ4n) is 0.880. The minimum Gasteiger partial charge on any atom is -0.0885 e. The first-order valence-electron chi connectivity index (χ1n) is 4.21. The van der Waals surface area contributed by atoms with Gasteiger partial charge in [-0.15, -0.1) is 0 Å². The lowest BCUT2D eigenvalue weighted by atomic mass is 10.1. The zero-order valence-electron chi connectivity index (χ0n) is 7.27. The topological polar surface area (TPSA) is 0 Å². The maximum atomic E-state index is 3.73. The van der Waals surface area contributed by atoms with Gasteiger partial charge < -0.3 is 0 Å². The van der Waals surface area contributed by atoms with E-state index < -0.39 is 0 Å². The van der Waals surface area contributed by atoms with Gasteiger partial charge in [0.05, 0.1) is 0 Å². The first-order valence-corrected chi connectivity index (χ1v) is 4.21. The average Bonchev–Trinajstić information content (AvgIpc) is 1.87. The van der Waals surface area contributed by atoms with Crippen LogP contribution >= 0.6 is 0 Å². The van der Waals surface area contributed by atoms with Crippen LogP contribution in [-0.4, -0.2) is 0 Å². The molecule has 0 aromatic heterocycles. The van der Waals surface area contributed by atoms with Gasteiger partial charge in [0.25, 0.3) is 0 Å². The van der Waals surface area contributed by atoms with Crippen molar-refractivity contribution in [1.82, 2.24) is 0 Å². The van der Waals surface area contributed by atoms with Crippen molar-refractivity contribution in [2.75, 3.05) is 0 Å². The molecule has 0 aromatic rings. The van der Waals surface area contributed by atoms with E-state index in [1.807, 2.05) is 0 Å². The van der Waals surface area contributed by atoms with Crippen molar-refractivity contribution < 1.29 is 0 Å². The van der Waals surface area contributed by atoms with E-state index in [2.05, 4.69) is 32.9 Å². The molecule has 0 fully saturated rings. The third kappa shape index (κ3) is 7.74. The number of rotatable bonds is 5. The Bertz CT molecular complexity index is 80.0. The molecule has 0 saturated heterocycles. The number of allylic oxidation sites excluding steroid dienone is 2. The molecule has 0 bridgehead atoms. The molecule has 10 heavy (non-hydrogen) atoms. The Balaban J connectivity index is 2.97. The lowest BCUT2D eigenvalue weighted by molar-refractivity contribution is 0.559. The van der Waals surface area contributed by atoms with E-state index in [9.17, 15) is 0 Å². The third-order valence-corrected chi connectivity index (χ3v) is 1.49. The molecule has 1 radical (unpaired) electrons. The summed E-state index contributed by atoms with van der Waals surface area (Å²) in [6.07, 6.45) is 9.21. The predicted molar refractivity (Wildman–Crippen MR) is 47.8 cm³/mol. The summed E-state index contributed by atoms with van der Waals surface area (Å²) in [5.41, 5.74) is 0. The van der Waals surface area contributed by atoms with Gasteiger partial charge in [0, 0.05) is 0 Å². The Labute approximate surface area is 65.3 Å². The van der Waals surface area contributed by atoms with Gasteiger partial charge in [-0.3, -0.25) is 0 Å². The highest BCUT2D eigenvalue weighted by Crippen LogP contribution is 2.06. The molecule has 0 aromatic carbocycles. The molecule has 0 aliphatic carbocycles. The Morgan fingerprint density at radius 2 is 2.00 bits per heavy atom. The first-order chi connectivity index (χ1) is 4.77. The van der Waals surface area contributed by atoms with E-state index >= 15 is 0 Å². The van der Waals surface area contributed by atoms with Gasteiger partial charge in [-0.05, 0) is 32.1 Å². The monoisotopic (exact) mass is 139 g/mol. The third-order valence-electron chi connectivity index (χ3n) is 1.49. The maximum absolute atomic E-state index is 3.73. The molecule has 0 aliphatic heterocycles. The minimum absolute atomic E-state index is 0.855. The molecule has 0 atom stereocenters. The quantitative estimate of drug-likeness (QED) is 0.403. The van der Waals surface area contributed by atoms with Crippen LogP contribution in [0.2, 0.25) is 0 Å². The largest absolute Gasteiger partial charge is 0.0885 e. The van der Waals surface area contributed by atoms with Crippen molar-refractivity contribution in [1.29, 1.82) is 0 Å². The van der Waals surface area contributed by atoms with Crippen molar-refractivity contribution in [3.63, 3.8) is 0 Å². The molecule has 0 heterocycles. The zero-order valence-corrected chi connectivity index (χ0v) is 7.27. The van der Waals surface area contributed by atoms with E-state index in [1.54, 1.807) is 0 Å². The fourth-order valence-corrected chi connectivity index (χ4v) is 0.880. The Hall–Kier alpha value is -0.260. The first kappa shape index (κ1) is 9.74. The summed E-state index contributed by atoms with van der Waals surface area (Å²) in [6, 6.07) is 0. The molecule has 0 spiro atoms. The van der Waals surface area contributed by atoms with E-state index in [4.69, 9.17) is 0 Å². The molecule has 0 heteroatoms. The van der Waals surface area contributed by atoms with Crippen LogP contribution in [0.3, 0.4) is 0 Å². The van der Waals surface area contributed by atoms with Crippen molar-refractivity contribution in [3.05, 3.63) is 19.1 Å². The molecule has 59 valence electrons. The van der Waals surface area contributed by atoms with Gasteiger partial charge in [-0.25, -0.2) is 0 Å². The maximum Gasteiger partial charge on any atom is -0.0351 e. The summed E-state index contributed by atoms with van der Waals surface area (Å²) in [7, 11) is 0. The van der Waals surface area contributed by atoms with Crippen LogP contribution in [0.15, 0.2) is 12.2 Å². The summed E-state index contributed by atoms with van der Waals surface area (Å²) in [6.45, 7) is 8.27. The highest BCUT2D eigenvalue weighted by Gasteiger charge is 1.90. The average molecular weight is 139 g/mol. The van der Waals surface area contributed by atoms with E-state index in [0.29, 0.717) is 0 Å². The molecule has 0 rings (SSSR count). The summed E-state index contributed by atoms with van der Waals surface area (Å²) in [4.78, 5) is 0.